The molecule has 0 spiro atoms. The molecule has 0 saturated carbocycles. The monoisotopic (exact) mass is 254 g/mol. The van der Waals surface area contributed by atoms with Gasteiger partial charge in [0.05, 0.1) is 0 Å². The van der Waals surface area contributed by atoms with E-state index in [9.17, 15) is 9.90 Å². The molecule has 0 unspecified atom stereocenters. The first-order chi connectivity index (χ1) is 8.56. The molecule has 0 bridgehead atoms. The summed E-state index contributed by atoms with van der Waals surface area (Å²) in [5.74, 6) is -0.604. The lowest BCUT2D eigenvalue weighted by Crippen LogP contribution is -2.61. The molecule has 1 N–H and O–H groups in total. The van der Waals surface area contributed by atoms with Crippen LogP contribution in [0.25, 0.3) is 0 Å². The van der Waals surface area contributed by atoms with Gasteiger partial charge in [-0.2, -0.15) is 0 Å². The Labute approximate surface area is 110 Å². The molecular formula is C14H26N2O2. The second-order valence-corrected chi connectivity index (χ2v) is 6.01. The molecule has 2 fully saturated rings. The summed E-state index contributed by atoms with van der Waals surface area (Å²) >= 11 is 0. The predicted molar refractivity (Wildman–Crippen MR) is 71.7 cm³/mol. The van der Waals surface area contributed by atoms with Gasteiger partial charge in [0.15, 0.2) is 0 Å². The molecule has 4 nitrogen and oxygen atoms in total. The van der Waals surface area contributed by atoms with Gasteiger partial charge < -0.3 is 10.0 Å². The van der Waals surface area contributed by atoms with Gasteiger partial charge in [0.25, 0.3) is 0 Å². The molecule has 0 aromatic carbocycles. The Morgan fingerprint density at radius 3 is 2.06 bits per heavy atom. The fourth-order valence-corrected chi connectivity index (χ4v) is 3.40. The van der Waals surface area contributed by atoms with Crippen LogP contribution in [0.15, 0.2) is 0 Å². The first-order valence-electron chi connectivity index (χ1n) is 7.29. The first-order valence-corrected chi connectivity index (χ1v) is 7.29. The third-order valence-corrected chi connectivity index (χ3v) is 4.71. The Kier molecular flexibility index (Phi) is 4.28. The van der Waals surface area contributed by atoms with Crippen molar-refractivity contribution in [2.75, 3.05) is 26.2 Å². The van der Waals surface area contributed by atoms with Gasteiger partial charge in [0, 0.05) is 19.1 Å². The normalized spacial score (nSPS) is 26.4. The summed E-state index contributed by atoms with van der Waals surface area (Å²) in [6, 6.07) is 0.526. The standard InChI is InChI=1S/C14H26N2O2/c1-12(2)15-10-6-14(7-11-15,13(17)18)16-8-4-3-5-9-16/h12H,3-11H2,1-2H3,(H,17,18). The lowest BCUT2D eigenvalue weighted by Gasteiger charge is -2.48. The van der Waals surface area contributed by atoms with Crippen molar-refractivity contribution in [3.05, 3.63) is 0 Å². The summed E-state index contributed by atoms with van der Waals surface area (Å²) in [5.41, 5.74) is -0.578. The average Bonchev–Trinajstić information content (AvgIpc) is 2.39. The summed E-state index contributed by atoms with van der Waals surface area (Å²) in [5, 5.41) is 9.71. The minimum atomic E-state index is -0.604. The van der Waals surface area contributed by atoms with Crippen molar-refractivity contribution in [1.82, 2.24) is 9.80 Å². The fourth-order valence-electron chi connectivity index (χ4n) is 3.40. The van der Waals surface area contributed by atoms with E-state index < -0.39 is 11.5 Å². The Morgan fingerprint density at radius 2 is 1.61 bits per heavy atom. The maximum atomic E-state index is 11.8. The highest BCUT2D eigenvalue weighted by Gasteiger charge is 2.46. The minimum absolute atomic E-state index is 0.526. The fraction of sp³-hybridized carbons (Fsp3) is 0.929. The van der Waals surface area contributed by atoms with Crippen molar-refractivity contribution < 1.29 is 9.90 Å². The van der Waals surface area contributed by atoms with E-state index in [2.05, 4.69) is 23.6 Å². The van der Waals surface area contributed by atoms with Crippen LogP contribution in [0.2, 0.25) is 0 Å². The zero-order chi connectivity index (χ0) is 13.2. The number of hydrogen-bond donors (Lipinski definition) is 1. The lowest BCUT2D eigenvalue weighted by atomic mass is 9.84. The largest absolute Gasteiger partial charge is 0.480 e. The van der Waals surface area contributed by atoms with E-state index in [1.807, 2.05) is 0 Å². The van der Waals surface area contributed by atoms with Crippen molar-refractivity contribution in [2.45, 2.75) is 57.5 Å². The number of aliphatic carboxylic acids is 1. The van der Waals surface area contributed by atoms with Crippen molar-refractivity contribution >= 4 is 5.97 Å². The molecule has 0 aliphatic carbocycles. The number of carboxylic acids is 1. The van der Waals surface area contributed by atoms with Crippen LogP contribution in [0.5, 0.6) is 0 Å². The molecule has 2 rings (SSSR count). The highest BCUT2D eigenvalue weighted by atomic mass is 16.4. The zero-order valence-corrected chi connectivity index (χ0v) is 11.7. The van der Waals surface area contributed by atoms with E-state index in [-0.39, 0.29) is 0 Å². The van der Waals surface area contributed by atoms with Gasteiger partial charge in [0.1, 0.15) is 5.54 Å². The SMILES string of the molecule is CC(C)N1CCC(C(=O)O)(N2CCCCC2)CC1. The maximum Gasteiger partial charge on any atom is 0.324 e. The van der Waals surface area contributed by atoms with E-state index in [0.717, 1.165) is 51.9 Å². The van der Waals surface area contributed by atoms with Crippen LogP contribution in [0.3, 0.4) is 0 Å². The van der Waals surface area contributed by atoms with Gasteiger partial charge >= 0.3 is 5.97 Å². The molecule has 0 radical (unpaired) electrons. The summed E-state index contributed by atoms with van der Waals surface area (Å²) in [6.45, 7) is 8.15. The third kappa shape index (κ3) is 2.54. The quantitative estimate of drug-likeness (QED) is 0.834. The number of likely N-dealkylation sites (tertiary alicyclic amines) is 2. The van der Waals surface area contributed by atoms with E-state index >= 15 is 0 Å². The maximum absolute atomic E-state index is 11.8. The topological polar surface area (TPSA) is 43.8 Å². The first kappa shape index (κ1) is 13.8. The molecule has 2 aliphatic rings. The minimum Gasteiger partial charge on any atom is -0.480 e. The van der Waals surface area contributed by atoms with E-state index in [1.54, 1.807) is 0 Å². The number of rotatable bonds is 3. The van der Waals surface area contributed by atoms with E-state index in [1.165, 1.54) is 6.42 Å². The second kappa shape index (κ2) is 5.57. The van der Waals surface area contributed by atoms with Crippen LogP contribution in [-0.4, -0.2) is 58.6 Å². The molecule has 2 aliphatic heterocycles. The van der Waals surface area contributed by atoms with Gasteiger partial charge in [-0.3, -0.25) is 9.69 Å². The Balaban J connectivity index is 2.07. The Hall–Kier alpha value is -0.610. The molecule has 0 atom stereocenters. The predicted octanol–water partition coefficient (Wildman–Crippen LogP) is 1.80. The lowest BCUT2D eigenvalue weighted by molar-refractivity contribution is -0.156. The van der Waals surface area contributed by atoms with Crippen LogP contribution in [0, 0.1) is 0 Å². The smallest absolute Gasteiger partial charge is 0.324 e. The molecule has 18 heavy (non-hydrogen) atoms. The number of nitrogens with zero attached hydrogens (tertiary/aromatic N) is 2. The van der Waals surface area contributed by atoms with Gasteiger partial charge in [-0.1, -0.05) is 6.42 Å². The van der Waals surface area contributed by atoms with Crippen molar-refractivity contribution in [2.24, 2.45) is 0 Å². The van der Waals surface area contributed by atoms with E-state index in [4.69, 9.17) is 0 Å². The van der Waals surface area contributed by atoms with Crippen LogP contribution >= 0.6 is 0 Å². The number of piperidine rings is 2. The molecule has 0 amide bonds. The van der Waals surface area contributed by atoms with Gasteiger partial charge in [-0.25, -0.2) is 0 Å². The van der Waals surface area contributed by atoms with Crippen molar-refractivity contribution in [1.29, 1.82) is 0 Å². The third-order valence-electron chi connectivity index (χ3n) is 4.71. The summed E-state index contributed by atoms with van der Waals surface area (Å²) in [7, 11) is 0. The Bertz CT molecular complexity index is 290. The number of carboxylic acid groups (broad SMARTS) is 1. The summed E-state index contributed by atoms with van der Waals surface area (Å²) in [4.78, 5) is 16.4. The molecule has 104 valence electrons. The molecular weight excluding hydrogens is 228 g/mol. The van der Waals surface area contributed by atoms with Crippen LogP contribution in [0.4, 0.5) is 0 Å². The van der Waals surface area contributed by atoms with Crippen LogP contribution < -0.4 is 0 Å². The molecule has 2 saturated heterocycles. The van der Waals surface area contributed by atoms with Crippen molar-refractivity contribution in [3.63, 3.8) is 0 Å². The second-order valence-electron chi connectivity index (χ2n) is 6.01. The highest BCUT2D eigenvalue weighted by Crippen LogP contribution is 2.32. The van der Waals surface area contributed by atoms with Gasteiger partial charge in [-0.05, 0) is 52.6 Å². The van der Waals surface area contributed by atoms with Gasteiger partial charge in [0.2, 0.25) is 0 Å². The number of carbonyl (C=O) groups is 1. The molecule has 4 heteroatoms. The van der Waals surface area contributed by atoms with Crippen LogP contribution in [0.1, 0.15) is 46.0 Å². The highest BCUT2D eigenvalue weighted by molar-refractivity contribution is 5.79. The van der Waals surface area contributed by atoms with E-state index in [0.29, 0.717) is 6.04 Å². The van der Waals surface area contributed by atoms with Crippen LogP contribution in [-0.2, 0) is 4.79 Å². The van der Waals surface area contributed by atoms with Crippen molar-refractivity contribution in [3.8, 4) is 0 Å². The molecule has 2 heterocycles. The number of hydrogen-bond acceptors (Lipinski definition) is 3. The van der Waals surface area contributed by atoms with Gasteiger partial charge in [-0.15, -0.1) is 0 Å². The zero-order valence-electron chi connectivity index (χ0n) is 11.7. The Morgan fingerprint density at radius 1 is 1.06 bits per heavy atom. The summed E-state index contributed by atoms with van der Waals surface area (Å²) < 4.78 is 0. The summed E-state index contributed by atoms with van der Waals surface area (Å²) in [6.07, 6.45) is 5.12. The average molecular weight is 254 g/mol. The molecule has 0 aromatic rings. The molecule has 0 aromatic heterocycles.